The van der Waals surface area contributed by atoms with Crippen molar-refractivity contribution in [3.05, 3.63) is 106 Å². The maximum Gasteiger partial charge on any atom is 0.293 e. The highest BCUT2D eigenvalue weighted by Crippen LogP contribution is 2.28. The van der Waals surface area contributed by atoms with Crippen LogP contribution >= 0.6 is 0 Å². The van der Waals surface area contributed by atoms with Crippen LogP contribution in [0.5, 0.6) is 0 Å². The standard InChI is InChI=1S/C33H35FN6O3/c1-33(2,3)23-12-8-21(9-13-23)30(41)38-26-7-5-6-25(28(26)34)27-20-39(4)32(43)29(37-27)36-24-14-10-22(11-15-24)31(42)40-18-16-35-17-19-40/h5-15,20,35H,16-19H2,1-4H3,(H,36,37)(H,38,41). The summed E-state index contributed by atoms with van der Waals surface area (Å²) in [4.78, 5) is 44.8. The lowest BCUT2D eigenvalue weighted by Gasteiger charge is -2.27. The summed E-state index contributed by atoms with van der Waals surface area (Å²) in [6, 6.07) is 18.7. The highest BCUT2D eigenvalue weighted by molar-refractivity contribution is 6.04. The molecule has 1 saturated heterocycles. The third-order valence-electron chi connectivity index (χ3n) is 7.41. The van der Waals surface area contributed by atoms with Crippen LogP contribution in [0.3, 0.4) is 0 Å². The van der Waals surface area contributed by atoms with Crippen molar-refractivity contribution >= 4 is 29.0 Å². The summed E-state index contributed by atoms with van der Waals surface area (Å²) < 4.78 is 17.0. The zero-order chi connectivity index (χ0) is 30.7. The molecule has 1 aromatic heterocycles. The first-order valence-electron chi connectivity index (χ1n) is 14.2. The largest absolute Gasteiger partial charge is 0.336 e. The van der Waals surface area contributed by atoms with Gasteiger partial charge in [0.25, 0.3) is 17.4 Å². The molecule has 0 atom stereocenters. The molecule has 1 aliphatic heterocycles. The molecule has 3 N–H and O–H groups in total. The summed E-state index contributed by atoms with van der Waals surface area (Å²) >= 11 is 0. The number of nitrogens with zero attached hydrogens (tertiary/aromatic N) is 3. The lowest BCUT2D eigenvalue weighted by molar-refractivity contribution is 0.0735. The van der Waals surface area contributed by atoms with E-state index >= 15 is 4.39 Å². The first-order valence-corrected chi connectivity index (χ1v) is 14.2. The number of aromatic nitrogens is 2. The van der Waals surface area contributed by atoms with E-state index in [1.807, 2.05) is 12.1 Å². The van der Waals surface area contributed by atoms with Gasteiger partial charge in [0.05, 0.1) is 11.4 Å². The summed E-state index contributed by atoms with van der Waals surface area (Å²) in [5.74, 6) is -1.16. The van der Waals surface area contributed by atoms with E-state index in [4.69, 9.17) is 0 Å². The van der Waals surface area contributed by atoms with Gasteiger partial charge >= 0.3 is 0 Å². The van der Waals surface area contributed by atoms with Crippen LogP contribution in [0.1, 0.15) is 47.1 Å². The third kappa shape index (κ3) is 6.65. The number of hydrogen-bond acceptors (Lipinski definition) is 6. The second-order valence-corrected chi connectivity index (χ2v) is 11.6. The van der Waals surface area contributed by atoms with Gasteiger partial charge in [-0.05, 0) is 59.5 Å². The normalized spacial score (nSPS) is 13.5. The monoisotopic (exact) mass is 582 g/mol. The van der Waals surface area contributed by atoms with E-state index in [0.29, 0.717) is 29.9 Å². The number of halogens is 1. The summed E-state index contributed by atoms with van der Waals surface area (Å²) in [6.07, 6.45) is 1.44. The van der Waals surface area contributed by atoms with Gasteiger partial charge in [-0.2, -0.15) is 0 Å². The molecule has 0 saturated carbocycles. The topological polar surface area (TPSA) is 108 Å². The fraction of sp³-hybridized carbons (Fsp3) is 0.273. The third-order valence-corrected chi connectivity index (χ3v) is 7.41. The van der Waals surface area contributed by atoms with E-state index in [0.717, 1.165) is 18.7 Å². The second-order valence-electron chi connectivity index (χ2n) is 11.6. The number of anilines is 3. The minimum atomic E-state index is -0.671. The van der Waals surface area contributed by atoms with Gasteiger partial charge in [0, 0.05) is 61.8 Å². The fourth-order valence-corrected chi connectivity index (χ4v) is 4.84. The maximum atomic E-state index is 15.7. The molecule has 1 fully saturated rings. The molecule has 0 unspecified atom stereocenters. The lowest BCUT2D eigenvalue weighted by Crippen LogP contribution is -2.46. The van der Waals surface area contributed by atoms with Crippen LogP contribution in [0.2, 0.25) is 0 Å². The molecule has 3 aromatic carbocycles. The van der Waals surface area contributed by atoms with E-state index < -0.39 is 17.3 Å². The van der Waals surface area contributed by atoms with Crippen LogP contribution in [0.25, 0.3) is 11.3 Å². The minimum absolute atomic E-state index is 0.00250. The van der Waals surface area contributed by atoms with Gasteiger partial charge in [-0.15, -0.1) is 0 Å². The van der Waals surface area contributed by atoms with Gasteiger partial charge in [0.2, 0.25) is 0 Å². The first kappa shape index (κ1) is 29.7. The SMILES string of the molecule is Cn1cc(-c2cccc(NC(=O)c3ccc(C(C)(C)C)cc3)c2F)nc(Nc2ccc(C(=O)N3CCNCC3)cc2)c1=O. The van der Waals surface area contributed by atoms with Gasteiger partial charge < -0.3 is 25.4 Å². The number of amides is 2. The predicted molar refractivity (Wildman–Crippen MR) is 166 cm³/mol. The molecule has 1 aliphatic rings. The van der Waals surface area contributed by atoms with E-state index in [1.165, 1.54) is 22.9 Å². The molecule has 0 bridgehead atoms. The van der Waals surface area contributed by atoms with Crippen LogP contribution in [-0.4, -0.2) is 52.4 Å². The van der Waals surface area contributed by atoms with Crippen LogP contribution in [-0.2, 0) is 12.5 Å². The molecule has 4 aromatic rings. The Hall–Kier alpha value is -4.83. The van der Waals surface area contributed by atoms with Crippen LogP contribution in [0, 0.1) is 5.82 Å². The average molecular weight is 583 g/mol. The van der Waals surface area contributed by atoms with Gasteiger partial charge in [0.1, 0.15) is 0 Å². The van der Waals surface area contributed by atoms with Gasteiger partial charge in [-0.3, -0.25) is 14.4 Å². The molecule has 43 heavy (non-hydrogen) atoms. The second kappa shape index (κ2) is 12.2. The number of carbonyl (C=O) groups excluding carboxylic acids is 2. The van der Waals surface area contributed by atoms with Gasteiger partial charge in [-0.1, -0.05) is 39.0 Å². The summed E-state index contributed by atoms with van der Waals surface area (Å²) in [5, 5.41) is 8.88. The van der Waals surface area contributed by atoms with Crippen LogP contribution < -0.4 is 21.5 Å². The van der Waals surface area contributed by atoms with Crippen molar-refractivity contribution in [3.8, 4) is 11.3 Å². The number of aryl methyl sites for hydroxylation is 1. The number of benzene rings is 3. The summed E-state index contributed by atoms with van der Waals surface area (Å²) in [6.45, 7) is 9.09. The van der Waals surface area contributed by atoms with E-state index in [9.17, 15) is 14.4 Å². The van der Waals surface area contributed by atoms with Crippen molar-refractivity contribution in [1.82, 2.24) is 19.8 Å². The van der Waals surface area contributed by atoms with Crippen molar-refractivity contribution in [2.45, 2.75) is 26.2 Å². The van der Waals surface area contributed by atoms with Crippen molar-refractivity contribution < 1.29 is 14.0 Å². The van der Waals surface area contributed by atoms with E-state index in [-0.39, 0.29) is 34.1 Å². The highest BCUT2D eigenvalue weighted by Gasteiger charge is 2.20. The Labute approximate surface area is 249 Å². The maximum absolute atomic E-state index is 15.7. The van der Waals surface area contributed by atoms with Crippen molar-refractivity contribution in [2.75, 3.05) is 36.8 Å². The molecular weight excluding hydrogens is 547 g/mol. The molecule has 9 nitrogen and oxygen atoms in total. The number of rotatable bonds is 6. The van der Waals surface area contributed by atoms with Crippen LogP contribution in [0.4, 0.5) is 21.6 Å². The summed E-state index contributed by atoms with van der Waals surface area (Å²) in [7, 11) is 1.55. The predicted octanol–water partition coefficient (Wildman–Crippen LogP) is 4.93. The molecular formula is C33H35FN6O3. The number of carbonyl (C=O) groups is 2. The van der Waals surface area contributed by atoms with E-state index in [1.54, 1.807) is 54.4 Å². The Kier molecular flexibility index (Phi) is 8.40. The Morgan fingerprint density at radius 1 is 0.930 bits per heavy atom. The lowest BCUT2D eigenvalue weighted by atomic mass is 9.87. The molecule has 10 heteroatoms. The fourth-order valence-electron chi connectivity index (χ4n) is 4.84. The van der Waals surface area contributed by atoms with Crippen molar-refractivity contribution in [1.29, 1.82) is 0 Å². The quantitative estimate of drug-likeness (QED) is 0.298. The molecule has 0 aliphatic carbocycles. The molecule has 0 radical (unpaired) electrons. The van der Waals surface area contributed by atoms with Crippen molar-refractivity contribution in [2.24, 2.45) is 7.05 Å². The Morgan fingerprint density at radius 3 is 2.23 bits per heavy atom. The Balaban J connectivity index is 1.35. The first-order chi connectivity index (χ1) is 20.5. The zero-order valence-corrected chi connectivity index (χ0v) is 24.7. The number of piperazine rings is 1. The zero-order valence-electron chi connectivity index (χ0n) is 24.7. The number of nitrogens with one attached hydrogen (secondary N) is 3. The molecule has 5 rings (SSSR count). The minimum Gasteiger partial charge on any atom is -0.336 e. The average Bonchev–Trinajstić information content (AvgIpc) is 3.00. The van der Waals surface area contributed by atoms with Crippen molar-refractivity contribution in [3.63, 3.8) is 0 Å². The number of hydrogen-bond donors (Lipinski definition) is 3. The van der Waals surface area contributed by atoms with E-state index in [2.05, 4.69) is 41.7 Å². The Morgan fingerprint density at radius 2 is 1.58 bits per heavy atom. The smallest absolute Gasteiger partial charge is 0.293 e. The molecule has 222 valence electrons. The Bertz CT molecular complexity index is 1700. The molecule has 2 heterocycles. The van der Waals surface area contributed by atoms with Gasteiger partial charge in [0.15, 0.2) is 11.6 Å². The summed E-state index contributed by atoms with van der Waals surface area (Å²) in [5.41, 5.74) is 2.46. The van der Waals surface area contributed by atoms with Crippen LogP contribution in [0.15, 0.2) is 77.7 Å². The highest BCUT2D eigenvalue weighted by atomic mass is 19.1. The molecule has 2 amide bonds. The van der Waals surface area contributed by atoms with Gasteiger partial charge in [-0.25, -0.2) is 9.37 Å². The molecule has 0 spiro atoms.